The van der Waals surface area contributed by atoms with Crippen molar-refractivity contribution in [2.75, 3.05) is 26.9 Å². The number of rotatable bonds is 8. The summed E-state index contributed by atoms with van der Waals surface area (Å²) < 4.78 is 17.4. The van der Waals surface area contributed by atoms with Crippen LogP contribution in [0.5, 0.6) is 5.75 Å². The van der Waals surface area contributed by atoms with Gasteiger partial charge in [0.2, 0.25) is 5.91 Å². The number of nitrogens with one attached hydrogen (secondary N) is 1. The van der Waals surface area contributed by atoms with E-state index in [1.54, 1.807) is 7.11 Å². The number of hydrogen-bond donors (Lipinski definition) is 1. The van der Waals surface area contributed by atoms with E-state index in [0.717, 1.165) is 18.8 Å². The standard InChI is InChI=1S/C26H39NO4/c1-17(2)13-22(28)27-24-25(3,4)19-15-21-23(31-10-9-26(21,24)16-19)18-7-6-8-20(14-18)30-12-11-29-5/h6-8,14,17,19,21,23-24H,9-13,15-16H2,1-5H3,(H,27,28)/t19-,21-,23-,24+,26?/m1/s1. The fourth-order valence-corrected chi connectivity index (χ4v) is 6.73. The van der Waals surface area contributed by atoms with Gasteiger partial charge in [0.25, 0.3) is 0 Å². The molecule has 1 aromatic carbocycles. The molecule has 2 aliphatic carbocycles. The summed E-state index contributed by atoms with van der Waals surface area (Å²) in [5, 5.41) is 3.51. The Hall–Kier alpha value is -1.59. The van der Waals surface area contributed by atoms with Crippen LogP contribution in [-0.2, 0) is 14.3 Å². The number of methoxy groups -OCH3 is 1. The highest BCUT2D eigenvalue weighted by molar-refractivity contribution is 5.76. The zero-order chi connectivity index (χ0) is 22.2. The van der Waals surface area contributed by atoms with Gasteiger partial charge in [-0.1, -0.05) is 39.8 Å². The van der Waals surface area contributed by atoms with Crippen LogP contribution in [0.25, 0.3) is 0 Å². The van der Waals surface area contributed by atoms with Crippen LogP contribution in [0.4, 0.5) is 0 Å². The van der Waals surface area contributed by atoms with Gasteiger partial charge < -0.3 is 19.5 Å². The Morgan fingerprint density at radius 1 is 1.29 bits per heavy atom. The Bertz CT molecular complexity index is 791. The Labute approximate surface area is 187 Å². The van der Waals surface area contributed by atoms with Gasteiger partial charge in [-0.25, -0.2) is 0 Å². The molecule has 1 spiro atoms. The van der Waals surface area contributed by atoms with Crippen LogP contribution in [0.3, 0.4) is 0 Å². The lowest BCUT2D eigenvalue weighted by atomic mass is 9.58. The number of carbonyl (C=O) groups is 1. The molecule has 3 aliphatic rings. The molecule has 2 bridgehead atoms. The van der Waals surface area contributed by atoms with E-state index in [4.69, 9.17) is 14.2 Å². The van der Waals surface area contributed by atoms with Crippen LogP contribution in [0.2, 0.25) is 0 Å². The molecule has 31 heavy (non-hydrogen) atoms. The second kappa shape index (κ2) is 8.74. The summed E-state index contributed by atoms with van der Waals surface area (Å²) >= 11 is 0. The average molecular weight is 430 g/mol. The van der Waals surface area contributed by atoms with Crippen LogP contribution in [0, 0.1) is 28.6 Å². The van der Waals surface area contributed by atoms with Gasteiger partial charge in [-0.3, -0.25) is 4.79 Å². The maximum absolute atomic E-state index is 12.8. The normalized spacial score (nSPS) is 33.4. The van der Waals surface area contributed by atoms with Crippen LogP contribution in [0.1, 0.15) is 65.0 Å². The Balaban J connectivity index is 1.57. The summed E-state index contributed by atoms with van der Waals surface area (Å²) in [6.07, 6.45) is 4.05. The number of fused-ring (bicyclic) bond motifs is 1. The third kappa shape index (κ3) is 4.11. The molecule has 1 N–H and O–H groups in total. The van der Waals surface area contributed by atoms with E-state index >= 15 is 0 Å². The van der Waals surface area contributed by atoms with E-state index in [-0.39, 0.29) is 28.9 Å². The van der Waals surface area contributed by atoms with Gasteiger partial charge in [-0.2, -0.15) is 0 Å². The predicted octanol–water partition coefficient (Wildman–Crippen LogP) is 4.76. The van der Waals surface area contributed by atoms with Crippen molar-refractivity contribution in [3.63, 3.8) is 0 Å². The smallest absolute Gasteiger partial charge is 0.220 e. The first-order valence-corrected chi connectivity index (χ1v) is 11.9. The number of amides is 1. The lowest BCUT2D eigenvalue weighted by molar-refractivity contribution is -0.137. The number of carbonyl (C=O) groups excluding carboxylic acids is 1. The molecule has 2 saturated carbocycles. The molecule has 1 heterocycles. The molecule has 0 radical (unpaired) electrons. The zero-order valence-electron chi connectivity index (χ0n) is 19.8. The molecule has 1 aromatic rings. The maximum atomic E-state index is 12.8. The number of benzene rings is 1. The first-order valence-electron chi connectivity index (χ1n) is 11.9. The van der Waals surface area contributed by atoms with E-state index in [2.05, 4.69) is 51.2 Å². The molecule has 5 atom stereocenters. The Morgan fingerprint density at radius 2 is 2.10 bits per heavy atom. The zero-order valence-corrected chi connectivity index (χ0v) is 19.8. The molecule has 1 saturated heterocycles. The quantitative estimate of drug-likeness (QED) is 0.606. The maximum Gasteiger partial charge on any atom is 0.220 e. The topological polar surface area (TPSA) is 56.8 Å². The van der Waals surface area contributed by atoms with E-state index in [9.17, 15) is 4.79 Å². The highest BCUT2D eigenvalue weighted by Crippen LogP contribution is 2.70. The van der Waals surface area contributed by atoms with Gasteiger partial charge in [0.1, 0.15) is 12.4 Å². The van der Waals surface area contributed by atoms with Gasteiger partial charge in [0.05, 0.1) is 12.7 Å². The molecule has 1 aliphatic heterocycles. The SMILES string of the molecule is COCCOc1cccc([C@H]2OCCC34C[C@@H](C[C@H]23)C(C)(C)[C@@H]4NC(=O)CC(C)C)c1. The summed E-state index contributed by atoms with van der Waals surface area (Å²) in [5.41, 5.74) is 1.43. The van der Waals surface area contributed by atoms with E-state index in [0.29, 0.717) is 37.4 Å². The molecule has 1 amide bonds. The Morgan fingerprint density at radius 3 is 2.84 bits per heavy atom. The molecule has 3 fully saturated rings. The van der Waals surface area contributed by atoms with Crippen molar-refractivity contribution >= 4 is 5.91 Å². The fourth-order valence-electron chi connectivity index (χ4n) is 6.73. The van der Waals surface area contributed by atoms with Crippen molar-refractivity contribution in [2.24, 2.45) is 28.6 Å². The minimum absolute atomic E-state index is 0.0605. The highest BCUT2D eigenvalue weighted by atomic mass is 16.5. The molecule has 5 nitrogen and oxygen atoms in total. The lowest BCUT2D eigenvalue weighted by Gasteiger charge is -2.53. The third-order valence-electron chi connectivity index (χ3n) is 8.15. The van der Waals surface area contributed by atoms with Gasteiger partial charge in [0.15, 0.2) is 0 Å². The molecule has 4 rings (SSSR count). The first kappa shape index (κ1) is 22.6. The van der Waals surface area contributed by atoms with Gasteiger partial charge in [0, 0.05) is 26.2 Å². The van der Waals surface area contributed by atoms with Crippen molar-refractivity contribution in [3.8, 4) is 5.75 Å². The fraction of sp³-hybridized carbons (Fsp3) is 0.731. The van der Waals surface area contributed by atoms with E-state index in [1.807, 2.05) is 6.07 Å². The van der Waals surface area contributed by atoms with Crippen molar-refractivity contribution < 1.29 is 19.0 Å². The van der Waals surface area contributed by atoms with Crippen molar-refractivity contribution in [1.82, 2.24) is 5.32 Å². The van der Waals surface area contributed by atoms with Crippen molar-refractivity contribution in [3.05, 3.63) is 29.8 Å². The summed E-state index contributed by atoms with van der Waals surface area (Å²) in [7, 11) is 1.68. The summed E-state index contributed by atoms with van der Waals surface area (Å²) in [5.74, 6) is 2.48. The molecule has 0 aromatic heterocycles. The predicted molar refractivity (Wildman–Crippen MR) is 121 cm³/mol. The van der Waals surface area contributed by atoms with E-state index in [1.165, 1.54) is 18.4 Å². The minimum Gasteiger partial charge on any atom is -0.491 e. The Kier molecular flexibility index (Phi) is 6.37. The van der Waals surface area contributed by atoms with Crippen molar-refractivity contribution in [2.45, 2.75) is 65.5 Å². The van der Waals surface area contributed by atoms with Gasteiger partial charge in [-0.15, -0.1) is 0 Å². The van der Waals surface area contributed by atoms with Crippen molar-refractivity contribution in [1.29, 1.82) is 0 Å². The van der Waals surface area contributed by atoms with E-state index < -0.39 is 0 Å². The number of ether oxygens (including phenoxy) is 3. The molecule has 5 heteroatoms. The monoisotopic (exact) mass is 429 g/mol. The molecule has 1 unspecified atom stereocenters. The molecular weight excluding hydrogens is 390 g/mol. The molecular formula is C26H39NO4. The van der Waals surface area contributed by atoms with Crippen LogP contribution >= 0.6 is 0 Å². The highest BCUT2D eigenvalue weighted by Gasteiger charge is 2.68. The third-order valence-corrected chi connectivity index (χ3v) is 8.15. The average Bonchev–Trinajstić information content (AvgIpc) is 3.20. The largest absolute Gasteiger partial charge is 0.491 e. The van der Waals surface area contributed by atoms with Gasteiger partial charge >= 0.3 is 0 Å². The number of hydrogen-bond acceptors (Lipinski definition) is 4. The summed E-state index contributed by atoms with van der Waals surface area (Å²) in [6, 6.07) is 8.55. The first-order chi connectivity index (χ1) is 14.8. The van der Waals surface area contributed by atoms with Crippen LogP contribution in [0.15, 0.2) is 24.3 Å². The molecule has 172 valence electrons. The van der Waals surface area contributed by atoms with Crippen LogP contribution in [-0.4, -0.2) is 38.9 Å². The lowest BCUT2D eigenvalue weighted by Crippen LogP contribution is -2.59. The summed E-state index contributed by atoms with van der Waals surface area (Å²) in [4.78, 5) is 12.8. The second-order valence-electron chi connectivity index (χ2n) is 10.9. The summed E-state index contributed by atoms with van der Waals surface area (Å²) in [6.45, 7) is 10.8. The minimum atomic E-state index is 0.0605. The van der Waals surface area contributed by atoms with Crippen LogP contribution < -0.4 is 10.1 Å². The second-order valence-corrected chi connectivity index (χ2v) is 10.9. The van der Waals surface area contributed by atoms with Gasteiger partial charge in [-0.05, 0) is 65.5 Å².